The largest absolute Gasteiger partial charge is 0.493 e. The molecule has 0 aromatic heterocycles. The zero-order chi connectivity index (χ0) is 24.0. The number of hydrogen-bond acceptors (Lipinski definition) is 6. The van der Waals surface area contributed by atoms with Gasteiger partial charge in [0.05, 0.1) is 7.11 Å². The molecule has 1 aliphatic rings. The van der Waals surface area contributed by atoms with Crippen LogP contribution in [0.3, 0.4) is 0 Å². The molecule has 2 aromatic carbocycles. The number of amides is 1. The fraction of sp³-hybridized carbons (Fsp3) is 0.360. The Morgan fingerprint density at radius 2 is 1.82 bits per heavy atom. The van der Waals surface area contributed by atoms with Crippen molar-refractivity contribution in [1.29, 1.82) is 5.26 Å². The quantitative estimate of drug-likeness (QED) is 0.367. The van der Waals surface area contributed by atoms with Crippen LogP contribution in [0.1, 0.15) is 43.7 Å². The van der Waals surface area contributed by atoms with Crippen LogP contribution < -0.4 is 14.2 Å². The smallest absolute Gasteiger partial charge is 0.339 e. The lowest BCUT2D eigenvalue weighted by atomic mass is 9.86. The maximum Gasteiger partial charge on any atom is 0.339 e. The summed E-state index contributed by atoms with van der Waals surface area (Å²) in [6.07, 6.45) is 5.62. The number of nitriles is 1. The third-order valence-corrected chi connectivity index (χ3v) is 7.05. The van der Waals surface area contributed by atoms with E-state index in [1.807, 2.05) is 13.0 Å². The van der Waals surface area contributed by atoms with Crippen molar-refractivity contribution in [2.24, 2.45) is 5.92 Å². The van der Waals surface area contributed by atoms with Crippen molar-refractivity contribution < 1.29 is 22.1 Å². The number of carbonyl (C=O) groups is 1. The second-order valence-electron chi connectivity index (χ2n) is 8.27. The Balaban J connectivity index is 1.80. The number of nitrogens with zero attached hydrogens (tertiary/aromatic N) is 1. The Morgan fingerprint density at radius 3 is 2.45 bits per heavy atom. The summed E-state index contributed by atoms with van der Waals surface area (Å²) in [6, 6.07) is 12.8. The summed E-state index contributed by atoms with van der Waals surface area (Å²) in [6.45, 7) is 3.96. The summed E-state index contributed by atoms with van der Waals surface area (Å²) in [4.78, 5) is 12.7. The van der Waals surface area contributed by atoms with Gasteiger partial charge in [0.15, 0.2) is 11.5 Å². The first-order chi connectivity index (χ1) is 15.7. The lowest BCUT2D eigenvalue weighted by Gasteiger charge is -2.29. The van der Waals surface area contributed by atoms with Gasteiger partial charge in [-0.3, -0.25) is 4.79 Å². The molecule has 33 heavy (non-hydrogen) atoms. The van der Waals surface area contributed by atoms with Crippen molar-refractivity contribution in [2.45, 2.75) is 50.5 Å². The first-order valence-electron chi connectivity index (χ1n) is 10.9. The molecular weight excluding hydrogens is 440 g/mol. The van der Waals surface area contributed by atoms with Crippen molar-refractivity contribution >= 4 is 22.1 Å². The molecule has 1 amide bonds. The zero-order valence-corrected chi connectivity index (χ0v) is 19.8. The van der Waals surface area contributed by atoms with Gasteiger partial charge in [0, 0.05) is 6.04 Å². The Hall–Kier alpha value is -3.31. The highest BCUT2D eigenvalue weighted by molar-refractivity contribution is 7.87. The molecule has 0 saturated heterocycles. The maximum absolute atomic E-state index is 12.6. The number of methoxy groups -OCH3 is 1. The predicted octanol–water partition coefficient (Wildman–Crippen LogP) is 4.37. The summed E-state index contributed by atoms with van der Waals surface area (Å²) in [5.41, 5.74) is 1.41. The molecule has 8 heteroatoms. The second kappa shape index (κ2) is 10.5. The van der Waals surface area contributed by atoms with E-state index < -0.39 is 16.0 Å². The minimum absolute atomic E-state index is 0.00853. The molecular formula is C25H28N2O5S. The molecule has 174 valence electrons. The average Bonchev–Trinajstić information content (AvgIpc) is 2.79. The van der Waals surface area contributed by atoms with Gasteiger partial charge in [0.2, 0.25) is 0 Å². The number of nitrogens with one attached hydrogen (secondary N) is 1. The van der Waals surface area contributed by atoms with E-state index in [4.69, 9.17) is 8.92 Å². The topological polar surface area (TPSA) is 105 Å². The molecule has 0 unspecified atom stereocenters. The number of aryl methyl sites for hydroxylation is 1. The van der Waals surface area contributed by atoms with E-state index in [-0.39, 0.29) is 28.0 Å². The van der Waals surface area contributed by atoms with Crippen LogP contribution in [-0.2, 0) is 14.9 Å². The summed E-state index contributed by atoms with van der Waals surface area (Å²) in [5, 5.41) is 12.5. The molecule has 1 saturated carbocycles. The van der Waals surface area contributed by atoms with Crippen LogP contribution >= 0.6 is 0 Å². The first-order valence-corrected chi connectivity index (χ1v) is 12.3. The van der Waals surface area contributed by atoms with E-state index in [0.717, 1.165) is 31.2 Å². The molecule has 0 spiro atoms. The van der Waals surface area contributed by atoms with Gasteiger partial charge in [0.25, 0.3) is 5.91 Å². The molecule has 1 N–H and O–H groups in total. The second-order valence-corrected chi connectivity index (χ2v) is 9.82. The van der Waals surface area contributed by atoms with Gasteiger partial charge in [-0.05, 0) is 61.6 Å². The summed E-state index contributed by atoms with van der Waals surface area (Å²) in [7, 11) is -2.66. The first kappa shape index (κ1) is 24.3. The molecule has 0 bridgehead atoms. The van der Waals surface area contributed by atoms with Crippen LogP contribution in [0.25, 0.3) is 6.08 Å². The van der Waals surface area contributed by atoms with Gasteiger partial charge in [-0.25, -0.2) is 0 Å². The normalized spacial score (nSPS) is 18.8. The summed E-state index contributed by atoms with van der Waals surface area (Å²) in [5.74, 6) is 0.124. The fourth-order valence-electron chi connectivity index (χ4n) is 3.81. The van der Waals surface area contributed by atoms with Crippen molar-refractivity contribution in [3.05, 3.63) is 59.2 Å². The third kappa shape index (κ3) is 6.14. The van der Waals surface area contributed by atoms with Crippen LogP contribution in [-0.4, -0.2) is 27.5 Å². The van der Waals surface area contributed by atoms with Crippen molar-refractivity contribution in [1.82, 2.24) is 5.32 Å². The van der Waals surface area contributed by atoms with Gasteiger partial charge < -0.3 is 14.2 Å². The van der Waals surface area contributed by atoms with E-state index in [1.54, 1.807) is 18.2 Å². The van der Waals surface area contributed by atoms with Gasteiger partial charge >= 0.3 is 10.1 Å². The fourth-order valence-corrected chi connectivity index (χ4v) is 4.75. The standard InChI is InChI=1S/C25H28N2O5S/c1-17-8-11-21(12-9-17)33(29,30)32-23-13-10-19(15-24(23)31-3)14-20(16-26)25(28)27-22-7-5-4-6-18(22)2/h8-15,18,22H,4-7H2,1-3H3,(H,27,28)/b20-14-/t18-,22-/m0/s1. The lowest BCUT2D eigenvalue weighted by molar-refractivity contribution is -0.118. The molecule has 3 rings (SSSR count). The van der Waals surface area contributed by atoms with Crippen LogP contribution in [0.15, 0.2) is 52.9 Å². The van der Waals surface area contributed by atoms with Crippen molar-refractivity contribution in [2.75, 3.05) is 7.11 Å². The monoisotopic (exact) mass is 468 g/mol. The molecule has 2 atom stereocenters. The van der Waals surface area contributed by atoms with E-state index in [9.17, 15) is 18.5 Å². The van der Waals surface area contributed by atoms with E-state index >= 15 is 0 Å². The number of benzene rings is 2. The van der Waals surface area contributed by atoms with Crippen LogP contribution in [0.5, 0.6) is 11.5 Å². The van der Waals surface area contributed by atoms with Gasteiger partial charge in [0.1, 0.15) is 16.5 Å². The van der Waals surface area contributed by atoms with Crippen LogP contribution in [0.2, 0.25) is 0 Å². The molecule has 1 aliphatic carbocycles. The van der Waals surface area contributed by atoms with Crippen LogP contribution in [0.4, 0.5) is 0 Å². The summed E-state index contributed by atoms with van der Waals surface area (Å²) >= 11 is 0. The van der Waals surface area contributed by atoms with Crippen molar-refractivity contribution in [3.63, 3.8) is 0 Å². The van der Waals surface area contributed by atoms with Gasteiger partial charge in [-0.2, -0.15) is 13.7 Å². The van der Waals surface area contributed by atoms with Gasteiger partial charge in [-0.1, -0.05) is 43.5 Å². The molecule has 0 radical (unpaired) electrons. The van der Waals surface area contributed by atoms with E-state index in [2.05, 4.69) is 12.2 Å². The Labute approximate surface area is 195 Å². The Kier molecular flexibility index (Phi) is 7.77. The van der Waals surface area contributed by atoms with E-state index in [0.29, 0.717) is 11.5 Å². The number of ether oxygens (including phenoxy) is 1. The highest BCUT2D eigenvalue weighted by atomic mass is 32.2. The summed E-state index contributed by atoms with van der Waals surface area (Å²) < 4.78 is 35.8. The molecule has 7 nitrogen and oxygen atoms in total. The molecule has 2 aromatic rings. The SMILES string of the molecule is COc1cc(/C=C(/C#N)C(=O)N[C@H]2CCCC[C@@H]2C)ccc1OS(=O)(=O)c1ccc(C)cc1. The minimum Gasteiger partial charge on any atom is -0.493 e. The highest BCUT2D eigenvalue weighted by Crippen LogP contribution is 2.32. The van der Waals surface area contributed by atoms with Gasteiger partial charge in [-0.15, -0.1) is 0 Å². The number of carbonyl (C=O) groups excluding carboxylic acids is 1. The number of rotatable bonds is 7. The Bertz CT molecular complexity index is 1180. The molecule has 0 heterocycles. The third-order valence-electron chi connectivity index (χ3n) is 5.80. The van der Waals surface area contributed by atoms with Crippen molar-refractivity contribution in [3.8, 4) is 17.6 Å². The zero-order valence-electron chi connectivity index (χ0n) is 19.0. The predicted molar refractivity (Wildman–Crippen MR) is 125 cm³/mol. The van der Waals surface area contributed by atoms with Crippen LogP contribution in [0, 0.1) is 24.2 Å². The molecule has 1 fully saturated rings. The Morgan fingerprint density at radius 1 is 1.12 bits per heavy atom. The maximum atomic E-state index is 12.6. The average molecular weight is 469 g/mol. The lowest BCUT2D eigenvalue weighted by Crippen LogP contribution is -2.41. The highest BCUT2D eigenvalue weighted by Gasteiger charge is 2.24. The van der Waals surface area contributed by atoms with E-state index in [1.165, 1.54) is 37.5 Å². The molecule has 0 aliphatic heterocycles. The number of hydrogen-bond donors (Lipinski definition) is 1. The minimum atomic E-state index is -4.05.